The van der Waals surface area contributed by atoms with Gasteiger partial charge in [0.05, 0.1) is 6.04 Å². The summed E-state index contributed by atoms with van der Waals surface area (Å²) < 4.78 is 5.46. The molecule has 1 aliphatic carbocycles. The van der Waals surface area contributed by atoms with E-state index in [0.717, 1.165) is 38.9 Å². The highest BCUT2D eigenvalue weighted by atomic mass is 16.6. The number of hydrogen-bond acceptors (Lipinski definition) is 4. The van der Waals surface area contributed by atoms with E-state index < -0.39 is 5.60 Å². The van der Waals surface area contributed by atoms with Crippen LogP contribution in [0.3, 0.4) is 0 Å². The Kier molecular flexibility index (Phi) is 8.35. The number of nitrogens with zero attached hydrogens (tertiary/aromatic N) is 2. The molecule has 0 bridgehead atoms. The minimum atomic E-state index is -0.480. The van der Waals surface area contributed by atoms with Gasteiger partial charge >= 0.3 is 6.09 Å². The quantitative estimate of drug-likeness (QED) is 0.699. The Morgan fingerprint density at radius 1 is 1.29 bits per heavy atom. The largest absolute Gasteiger partial charge is 0.444 e. The van der Waals surface area contributed by atoms with Gasteiger partial charge in [-0.05, 0) is 72.6 Å². The predicted molar refractivity (Wildman–Crippen MR) is 112 cm³/mol. The lowest BCUT2D eigenvalue weighted by Crippen LogP contribution is -2.52. The van der Waals surface area contributed by atoms with E-state index in [2.05, 4.69) is 16.3 Å². The first-order chi connectivity index (χ1) is 13.2. The van der Waals surface area contributed by atoms with Crippen LogP contribution in [0.2, 0.25) is 0 Å². The zero-order valence-electron chi connectivity index (χ0n) is 18.4. The number of amides is 2. The number of piperidine rings is 1. The van der Waals surface area contributed by atoms with E-state index in [1.54, 1.807) is 4.90 Å². The number of ether oxygens (including phenoxy) is 1. The minimum absolute atomic E-state index is 0.107. The van der Waals surface area contributed by atoms with Crippen molar-refractivity contribution in [3.8, 4) is 0 Å². The van der Waals surface area contributed by atoms with Crippen molar-refractivity contribution in [2.75, 3.05) is 26.7 Å². The summed E-state index contributed by atoms with van der Waals surface area (Å²) in [6, 6.07) is 0.0349. The smallest absolute Gasteiger partial charge is 0.410 e. The monoisotopic (exact) mass is 393 g/mol. The summed E-state index contributed by atoms with van der Waals surface area (Å²) in [6.45, 7) is 9.99. The van der Waals surface area contributed by atoms with Crippen molar-refractivity contribution in [1.82, 2.24) is 15.1 Å². The van der Waals surface area contributed by atoms with Crippen LogP contribution in [0.5, 0.6) is 0 Å². The fraction of sp³-hybridized carbons (Fsp3) is 0.818. The molecule has 6 heteroatoms. The summed E-state index contributed by atoms with van der Waals surface area (Å²) in [7, 11) is 1.81. The van der Waals surface area contributed by atoms with Crippen molar-refractivity contribution in [1.29, 1.82) is 0 Å². The highest BCUT2D eigenvalue weighted by molar-refractivity contribution is 5.81. The molecule has 2 aliphatic rings. The molecule has 2 rings (SSSR count). The fourth-order valence-corrected chi connectivity index (χ4v) is 3.93. The Morgan fingerprint density at radius 3 is 2.54 bits per heavy atom. The SMILES string of the molecule is CC(C(=O)NCCC1=CCCCC1)N1CCC(N(C)C(=O)OC(C)(C)C)CC1. The van der Waals surface area contributed by atoms with Gasteiger partial charge in [0.15, 0.2) is 0 Å². The van der Waals surface area contributed by atoms with Gasteiger partial charge in [0, 0.05) is 32.7 Å². The molecule has 0 aromatic heterocycles. The van der Waals surface area contributed by atoms with Crippen molar-refractivity contribution in [2.45, 2.75) is 90.3 Å². The van der Waals surface area contributed by atoms with E-state index in [9.17, 15) is 9.59 Å². The molecule has 6 nitrogen and oxygen atoms in total. The van der Waals surface area contributed by atoms with Crippen molar-refractivity contribution >= 4 is 12.0 Å². The molecule has 1 N–H and O–H groups in total. The fourth-order valence-electron chi connectivity index (χ4n) is 3.93. The van der Waals surface area contributed by atoms with Crippen molar-refractivity contribution in [2.24, 2.45) is 0 Å². The van der Waals surface area contributed by atoms with Gasteiger partial charge in [-0.15, -0.1) is 0 Å². The van der Waals surface area contributed by atoms with Gasteiger partial charge in [0.1, 0.15) is 5.60 Å². The molecule has 0 aromatic rings. The zero-order valence-corrected chi connectivity index (χ0v) is 18.4. The molecule has 1 aliphatic heterocycles. The molecule has 2 amide bonds. The normalized spacial score (nSPS) is 20.2. The maximum Gasteiger partial charge on any atom is 0.410 e. The second kappa shape index (κ2) is 10.3. The number of hydrogen-bond donors (Lipinski definition) is 1. The molecule has 0 aromatic carbocycles. The summed E-state index contributed by atoms with van der Waals surface area (Å²) in [5, 5.41) is 3.10. The van der Waals surface area contributed by atoms with Gasteiger partial charge < -0.3 is 15.0 Å². The van der Waals surface area contributed by atoms with Crippen LogP contribution in [-0.4, -0.2) is 66.2 Å². The van der Waals surface area contributed by atoms with Crippen LogP contribution < -0.4 is 5.32 Å². The van der Waals surface area contributed by atoms with Gasteiger partial charge in [0.25, 0.3) is 0 Å². The average Bonchev–Trinajstić information content (AvgIpc) is 2.66. The van der Waals surface area contributed by atoms with Crippen molar-refractivity contribution in [3.63, 3.8) is 0 Å². The molecular weight excluding hydrogens is 354 g/mol. The summed E-state index contributed by atoms with van der Waals surface area (Å²) in [5.41, 5.74) is 1.01. The van der Waals surface area contributed by atoms with Crippen LogP contribution in [-0.2, 0) is 9.53 Å². The maximum absolute atomic E-state index is 12.5. The predicted octanol–water partition coefficient (Wildman–Crippen LogP) is 3.71. The first-order valence-electron chi connectivity index (χ1n) is 10.8. The molecule has 1 saturated heterocycles. The van der Waals surface area contributed by atoms with Gasteiger partial charge in [-0.1, -0.05) is 11.6 Å². The van der Waals surface area contributed by atoms with E-state index in [-0.39, 0.29) is 24.1 Å². The summed E-state index contributed by atoms with van der Waals surface area (Å²) in [6.07, 6.45) is 9.71. The van der Waals surface area contributed by atoms with Crippen LogP contribution >= 0.6 is 0 Å². The maximum atomic E-state index is 12.5. The first-order valence-corrected chi connectivity index (χ1v) is 10.8. The average molecular weight is 394 g/mol. The van der Waals surface area contributed by atoms with Crippen LogP contribution in [0.4, 0.5) is 4.79 Å². The Bertz CT molecular complexity index is 560. The van der Waals surface area contributed by atoms with E-state index in [4.69, 9.17) is 4.74 Å². The summed E-state index contributed by atoms with van der Waals surface area (Å²) >= 11 is 0. The van der Waals surface area contributed by atoms with Crippen LogP contribution in [0, 0.1) is 0 Å². The Morgan fingerprint density at radius 2 is 1.96 bits per heavy atom. The Hall–Kier alpha value is -1.56. The lowest BCUT2D eigenvalue weighted by Gasteiger charge is -2.39. The summed E-state index contributed by atoms with van der Waals surface area (Å²) in [5.74, 6) is 0.107. The summed E-state index contributed by atoms with van der Waals surface area (Å²) in [4.78, 5) is 28.7. The first kappa shape index (κ1) is 22.7. The molecule has 28 heavy (non-hydrogen) atoms. The third kappa shape index (κ3) is 7.12. The highest BCUT2D eigenvalue weighted by Crippen LogP contribution is 2.21. The topological polar surface area (TPSA) is 61.9 Å². The van der Waals surface area contributed by atoms with Gasteiger partial charge in [-0.25, -0.2) is 4.79 Å². The number of rotatable bonds is 6. The third-order valence-electron chi connectivity index (χ3n) is 5.79. The zero-order chi connectivity index (χ0) is 20.7. The molecule has 1 unspecified atom stereocenters. The Labute approximate surface area is 170 Å². The molecule has 0 saturated carbocycles. The highest BCUT2D eigenvalue weighted by Gasteiger charge is 2.31. The van der Waals surface area contributed by atoms with Crippen molar-refractivity contribution in [3.05, 3.63) is 11.6 Å². The number of allylic oxidation sites excluding steroid dienone is 1. The van der Waals surface area contributed by atoms with Gasteiger partial charge in [0.2, 0.25) is 5.91 Å². The number of carbonyl (C=O) groups is 2. The number of nitrogens with one attached hydrogen (secondary N) is 1. The molecule has 1 heterocycles. The number of likely N-dealkylation sites (tertiary alicyclic amines) is 1. The van der Waals surface area contributed by atoms with Crippen LogP contribution in [0.15, 0.2) is 11.6 Å². The third-order valence-corrected chi connectivity index (χ3v) is 5.79. The second-order valence-corrected chi connectivity index (χ2v) is 9.18. The molecule has 0 radical (unpaired) electrons. The molecule has 160 valence electrons. The van der Waals surface area contributed by atoms with Crippen LogP contribution in [0.1, 0.15) is 72.6 Å². The number of carbonyl (C=O) groups excluding carboxylic acids is 2. The van der Waals surface area contributed by atoms with E-state index >= 15 is 0 Å². The molecule has 1 fully saturated rings. The van der Waals surface area contributed by atoms with Gasteiger partial charge in [-0.3, -0.25) is 9.69 Å². The molecule has 0 spiro atoms. The van der Waals surface area contributed by atoms with E-state index in [0.29, 0.717) is 0 Å². The molecular formula is C22H39N3O3. The minimum Gasteiger partial charge on any atom is -0.444 e. The standard InChI is InChI=1S/C22H39N3O3/c1-17(20(26)23-14-11-18-9-7-6-8-10-18)25-15-12-19(13-16-25)24(5)21(27)28-22(2,3)4/h9,17,19H,6-8,10-16H2,1-5H3,(H,23,26). The molecule has 1 atom stereocenters. The van der Waals surface area contributed by atoms with Crippen molar-refractivity contribution < 1.29 is 14.3 Å². The van der Waals surface area contributed by atoms with E-state index in [1.807, 2.05) is 34.7 Å². The van der Waals surface area contributed by atoms with Gasteiger partial charge in [-0.2, -0.15) is 0 Å². The van der Waals surface area contributed by atoms with Crippen LogP contribution in [0.25, 0.3) is 0 Å². The Balaban J connectivity index is 1.71. The second-order valence-electron chi connectivity index (χ2n) is 9.18. The van der Waals surface area contributed by atoms with E-state index in [1.165, 1.54) is 31.3 Å². The lowest BCUT2D eigenvalue weighted by atomic mass is 9.97. The lowest BCUT2D eigenvalue weighted by molar-refractivity contribution is -0.126.